The molecule has 0 saturated heterocycles. The van der Waals surface area contributed by atoms with Crippen molar-refractivity contribution in [3.8, 4) is 5.75 Å². The Labute approximate surface area is 97.2 Å². The Kier molecular flexibility index (Phi) is 3.46. The van der Waals surface area contributed by atoms with Gasteiger partial charge in [0, 0.05) is 18.6 Å². The first-order valence-electron chi connectivity index (χ1n) is 5.78. The lowest BCUT2D eigenvalue weighted by Gasteiger charge is -2.39. The van der Waals surface area contributed by atoms with E-state index in [1.54, 1.807) is 7.11 Å². The predicted molar refractivity (Wildman–Crippen MR) is 65.5 cm³/mol. The van der Waals surface area contributed by atoms with Crippen LogP contribution in [0.2, 0.25) is 0 Å². The Bertz CT molecular complexity index is 348. The van der Waals surface area contributed by atoms with Crippen molar-refractivity contribution >= 4 is 0 Å². The quantitative estimate of drug-likeness (QED) is 0.838. The Morgan fingerprint density at radius 1 is 1.44 bits per heavy atom. The fourth-order valence-electron chi connectivity index (χ4n) is 2.18. The topological polar surface area (TPSA) is 38.5 Å². The molecule has 0 radical (unpaired) electrons. The van der Waals surface area contributed by atoms with Gasteiger partial charge in [-0.15, -0.1) is 0 Å². The van der Waals surface area contributed by atoms with Crippen LogP contribution in [0.15, 0.2) is 24.3 Å². The monoisotopic (exact) mass is 220 g/mol. The van der Waals surface area contributed by atoms with E-state index < -0.39 is 0 Å². The van der Waals surface area contributed by atoms with Gasteiger partial charge < -0.3 is 10.5 Å². The van der Waals surface area contributed by atoms with E-state index in [0.717, 1.165) is 25.1 Å². The molecule has 2 rings (SSSR count). The van der Waals surface area contributed by atoms with Gasteiger partial charge in [0.05, 0.1) is 7.11 Å². The molecule has 0 bridgehead atoms. The van der Waals surface area contributed by atoms with E-state index in [2.05, 4.69) is 24.1 Å². The molecule has 2 N–H and O–H groups in total. The minimum Gasteiger partial charge on any atom is -0.497 e. The number of benzene rings is 1. The first kappa shape index (κ1) is 11.4. The fraction of sp³-hybridized carbons (Fsp3) is 0.538. The van der Waals surface area contributed by atoms with Crippen molar-refractivity contribution in [3.05, 3.63) is 29.8 Å². The van der Waals surface area contributed by atoms with Crippen molar-refractivity contribution in [2.75, 3.05) is 14.2 Å². The molecule has 1 aromatic carbocycles. The largest absolute Gasteiger partial charge is 0.497 e. The van der Waals surface area contributed by atoms with Crippen LogP contribution in [-0.4, -0.2) is 31.1 Å². The van der Waals surface area contributed by atoms with Crippen molar-refractivity contribution in [1.82, 2.24) is 4.90 Å². The first-order valence-corrected chi connectivity index (χ1v) is 5.78. The summed E-state index contributed by atoms with van der Waals surface area (Å²) in [5.74, 6) is 0.927. The summed E-state index contributed by atoms with van der Waals surface area (Å²) in [5.41, 5.74) is 7.09. The van der Waals surface area contributed by atoms with Gasteiger partial charge in [0.15, 0.2) is 0 Å². The highest BCUT2D eigenvalue weighted by Crippen LogP contribution is 2.24. The van der Waals surface area contributed by atoms with Gasteiger partial charge in [-0.25, -0.2) is 0 Å². The SMILES string of the molecule is COc1cccc(CN(C)C2CC(N)C2)c1. The number of rotatable bonds is 4. The minimum atomic E-state index is 0.415. The van der Waals surface area contributed by atoms with E-state index in [1.165, 1.54) is 5.56 Å². The molecule has 0 heterocycles. The van der Waals surface area contributed by atoms with Crippen molar-refractivity contribution in [2.24, 2.45) is 5.73 Å². The summed E-state index contributed by atoms with van der Waals surface area (Å²) in [5, 5.41) is 0. The van der Waals surface area contributed by atoms with Crippen LogP contribution in [0, 0.1) is 0 Å². The van der Waals surface area contributed by atoms with E-state index in [1.807, 2.05) is 12.1 Å². The van der Waals surface area contributed by atoms with Crippen LogP contribution in [0.5, 0.6) is 5.75 Å². The average molecular weight is 220 g/mol. The molecule has 1 saturated carbocycles. The van der Waals surface area contributed by atoms with Crippen molar-refractivity contribution < 1.29 is 4.74 Å². The molecule has 0 atom stereocenters. The maximum atomic E-state index is 5.80. The number of ether oxygens (including phenoxy) is 1. The lowest BCUT2D eigenvalue weighted by atomic mass is 9.86. The minimum absolute atomic E-state index is 0.415. The van der Waals surface area contributed by atoms with Crippen LogP contribution in [0.1, 0.15) is 18.4 Å². The van der Waals surface area contributed by atoms with E-state index in [-0.39, 0.29) is 0 Å². The summed E-state index contributed by atoms with van der Waals surface area (Å²) < 4.78 is 5.22. The summed E-state index contributed by atoms with van der Waals surface area (Å²) in [4.78, 5) is 2.37. The molecule has 3 nitrogen and oxygen atoms in total. The molecule has 1 aromatic rings. The number of hydrogen-bond acceptors (Lipinski definition) is 3. The lowest BCUT2D eigenvalue weighted by Crippen LogP contribution is -2.48. The van der Waals surface area contributed by atoms with Crippen LogP contribution in [0.3, 0.4) is 0 Å². The molecular formula is C13H20N2O. The van der Waals surface area contributed by atoms with E-state index >= 15 is 0 Å². The van der Waals surface area contributed by atoms with Gasteiger partial charge >= 0.3 is 0 Å². The van der Waals surface area contributed by atoms with Gasteiger partial charge in [-0.3, -0.25) is 4.90 Å². The molecule has 3 heteroatoms. The summed E-state index contributed by atoms with van der Waals surface area (Å²) in [6.45, 7) is 0.967. The number of nitrogens with zero attached hydrogens (tertiary/aromatic N) is 1. The lowest BCUT2D eigenvalue weighted by molar-refractivity contribution is 0.132. The van der Waals surface area contributed by atoms with Crippen LogP contribution in [0.4, 0.5) is 0 Å². The van der Waals surface area contributed by atoms with Gasteiger partial charge in [-0.2, -0.15) is 0 Å². The molecule has 0 spiro atoms. The predicted octanol–water partition coefficient (Wildman–Crippen LogP) is 1.62. The van der Waals surface area contributed by atoms with Crippen LogP contribution < -0.4 is 10.5 Å². The third-order valence-electron chi connectivity index (χ3n) is 3.34. The van der Waals surface area contributed by atoms with Crippen LogP contribution in [0.25, 0.3) is 0 Å². The van der Waals surface area contributed by atoms with Crippen molar-refractivity contribution in [1.29, 1.82) is 0 Å². The highest BCUT2D eigenvalue weighted by Gasteiger charge is 2.28. The molecule has 1 aliphatic rings. The van der Waals surface area contributed by atoms with E-state index in [0.29, 0.717) is 12.1 Å². The second-order valence-electron chi connectivity index (χ2n) is 4.65. The highest BCUT2D eigenvalue weighted by molar-refractivity contribution is 5.28. The molecule has 88 valence electrons. The van der Waals surface area contributed by atoms with E-state index in [4.69, 9.17) is 10.5 Å². The van der Waals surface area contributed by atoms with Crippen molar-refractivity contribution in [2.45, 2.75) is 31.5 Å². The zero-order valence-corrected chi connectivity index (χ0v) is 10.0. The molecule has 0 unspecified atom stereocenters. The van der Waals surface area contributed by atoms with Gasteiger partial charge in [0.1, 0.15) is 5.75 Å². The second-order valence-corrected chi connectivity index (χ2v) is 4.65. The summed E-state index contributed by atoms with van der Waals surface area (Å²) in [6.07, 6.45) is 2.25. The maximum Gasteiger partial charge on any atom is 0.119 e. The summed E-state index contributed by atoms with van der Waals surface area (Å²) >= 11 is 0. The van der Waals surface area contributed by atoms with Gasteiger partial charge in [0.25, 0.3) is 0 Å². The molecule has 0 aromatic heterocycles. The Balaban J connectivity index is 1.92. The van der Waals surface area contributed by atoms with Crippen LogP contribution in [-0.2, 0) is 6.54 Å². The Morgan fingerprint density at radius 2 is 2.19 bits per heavy atom. The maximum absolute atomic E-state index is 5.80. The highest BCUT2D eigenvalue weighted by atomic mass is 16.5. The zero-order chi connectivity index (χ0) is 11.5. The molecule has 1 aliphatic carbocycles. The molecule has 0 aliphatic heterocycles. The molecule has 0 amide bonds. The fourth-order valence-corrected chi connectivity index (χ4v) is 2.18. The Hall–Kier alpha value is -1.06. The molecule has 16 heavy (non-hydrogen) atoms. The summed E-state index contributed by atoms with van der Waals surface area (Å²) in [7, 11) is 3.86. The van der Waals surface area contributed by atoms with Crippen LogP contribution >= 0.6 is 0 Å². The number of methoxy groups -OCH3 is 1. The average Bonchev–Trinajstić information content (AvgIpc) is 2.25. The number of hydrogen-bond donors (Lipinski definition) is 1. The molecular weight excluding hydrogens is 200 g/mol. The Morgan fingerprint density at radius 3 is 2.81 bits per heavy atom. The zero-order valence-electron chi connectivity index (χ0n) is 10.0. The number of nitrogens with two attached hydrogens (primary N) is 1. The van der Waals surface area contributed by atoms with Gasteiger partial charge in [-0.1, -0.05) is 12.1 Å². The van der Waals surface area contributed by atoms with Crippen molar-refractivity contribution in [3.63, 3.8) is 0 Å². The normalized spacial score (nSPS) is 24.2. The van der Waals surface area contributed by atoms with Gasteiger partial charge in [0.2, 0.25) is 0 Å². The van der Waals surface area contributed by atoms with E-state index in [9.17, 15) is 0 Å². The first-order chi connectivity index (χ1) is 7.69. The second kappa shape index (κ2) is 4.85. The smallest absolute Gasteiger partial charge is 0.119 e. The third kappa shape index (κ3) is 2.54. The summed E-state index contributed by atoms with van der Waals surface area (Å²) in [6, 6.07) is 9.31. The molecule has 1 fully saturated rings. The third-order valence-corrected chi connectivity index (χ3v) is 3.34. The standard InChI is InChI=1S/C13H20N2O/c1-15(12-7-11(14)8-12)9-10-4-3-5-13(6-10)16-2/h3-6,11-12H,7-9,14H2,1-2H3. The van der Waals surface area contributed by atoms with Gasteiger partial charge in [-0.05, 0) is 37.6 Å².